The van der Waals surface area contributed by atoms with E-state index in [-0.39, 0.29) is 5.41 Å². The van der Waals surface area contributed by atoms with Gasteiger partial charge in [0.2, 0.25) is 0 Å². The van der Waals surface area contributed by atoms with Crippen molar-refractivity contribution in [1.29, 1.82) is 0 Å². The topological polar surface area (TPSA) is 21.7 Å². The minimum Gasteiger partial charge on any atom is -0.457 e. The molecule has 0 amide bonds. The molecule has 0 aromatic heterocycles. The number of hydrogen-bond acceptors (Lipinski definition) is 3. The minimum atomic E-state index is -0.684. The Balaban J connectivity index is 1.18. The highest BCUT2D eigenvalue weighted by Crippen LogP contribution is 2.63. The van der Waals surface area contributed by atoms with Crippen molar-refractivity contribution < 1.29 is 9.47 Å². The van der Waals surface area contributed by atoms with Gasteiger partial charge in [0.15, 0.2) is 5.75 Å². The van der Waals surface area contributed by atoms with Gasteiger partial charge in [-0.25, -0.2) is 0 Å². The van der Waals surface area contributed by atoms with Crippen LogP contribution in [0.4, 0.5) is 17.1 Å². The number of benzene rings is 8. The van der Waals surface area contributed by atoms with Crippen LogP contribution in [0.2, 0.25) is 0 Å². The van der Waals surface area contributed by atoms with E-state index in [9.17, 15) is 0 Å². The number of rotatable bonds is 4. The van der Waals surface area contributed by atoms with Crippen LogP contribution in [0.25, 0.3) is 22.3 Å². The molecule has 0 fully saturated rings. The largest absolute Gasteiger partial charge is 0.457 e. The summed E-state index contributed by atoms with van der Waals surface area (Å²) in [5, 5.41) is 0. The molecule has 0 unspecified atom stereocenters. The molecule has 0 atom stereocenters. The third-order valence-corrected chi connectivity index (χ3v) is 12.0. The van der Waals surface area contributed by atoms with E-state index in [4.69, 9.17) is 9.47 Å². The first-order valence-electron chi connectivity index (χ1n) is 19.0. The summed E-state index contributed by atoms with van der Waals surface area (Å²) in [4.78, 5) is 2.38. The number of nitrogens with zero attached hydrogens (tertiary/aromatic N) is 1. The molecule has 0 radical (unpaired) electrons. The van der Waals surface area contributed by atoms with E-state index >= 15 is 0 Å². The molecule has 1 spiro atoms. The van der Waals surface area contributed by atoms with Crippen LogP contribution in [0.15, 0.2) is 188 Å². The summed E-state index contributed by atoms with van der Waals surface area (Å²) in [6.45, 7) is 4.68. The standard InChI is InChI=1S/C52H37NO2/c1-51(2)40-18-7-6-17-38(40)39-32-31-37(33-45(39)51)53(36-29-27-35(28-30-36)34-15-4-3-5-16-34)46-23-14-22-44-50(46)55-49-26-13-10-21-43(49)52(44)41-19-8-11-24-47(41)54-48-25-12-9-20-42(48)52/h3-33H,1-2H3. The van der Waals surface area contributed by atoms with Crippen molar-refractivity contribution in [2.75, 3.05) is 4.90 Å². The first-order valence-corrected chi connectivity index (χ1v) is 19.0. The van der Waals surface area contributed by atoms with Gasteiger partial charge in [-0.3, -0.25) is 0 Å². The maximum Gasteiger partial charge on any atom is 0.156 e. The van der Waals surface area contributed by atoms with Crippen molar-refractivity contribution in [2.24, 2.45) is 0 Å². The summed E-state index contributed by atoms with van der Waals surface area (Å²) in [6, 6.07) is 67.4. The van der Waals surface area contributed by atoms with Gasteiger partial charge >= 0.3 is 0 Å². The van der Waals surface area contributed by atoms with Crippen LogP contribution >= 0.6 is 0 Å². The summed E-state index contributed by atoms with van der Waals surface area (Å²) in [7, 11) is 0. The Bertz CT molecular complexity index is 2740. The predicted octanol–water partition coefficient (Wildman–Crippen LogP) is 13.7. The number of fused-ring (bicyclic) bond motifs is 11. The van der Waals surface area contributed by atoms with Crippen LogP contribution < -0.4 is 14.4 Å². The zero-order valence-electron chi connectivity index (χ0n) is 30.7. The molecule has 0 N–H and O–H groups in total. The quantitative estimate of drug-likeness (QED) is 0.182. The lowest BCUT2D eigenvalue weighted by molar-refractivity contribution is 0.400. The summed E-state index contributed by atoms with van der Waals surface area (Å²) in [5.41, 5.74) is 14.2. The second-order valence-corrected chi connectivity index (χ2v) is 15.2. The van der Waals surface area contributed by atoms with E-state index in [1.165, 1.54) is 33.4 Å². The molecule has 262 valence electrons. The molecule has 2 heterocycles. The van der Waals surface area contributed by atoms with Crippen LogP contribution in [-0.2, 0) is 10.8 Å². The van der Waals surface area contributed by atoms with Gasteiger partial charge in [-0.15, -0.1) is 0 Å². The second-order valence-electron chi connectivity index (χ2n) is 15.2. The van der Waals surface area contributed by atoms with Crippen molar-refractivity contribution >= 4 is 17.1 Å². The Hall–Kier alpha value is -6.84. The Morgan fingerprint density at radius 2 is 0.891 bits per heavy atom. The normalized spacial score (nSPS) is 14.6. The van der Waals surface area contributed by atoms with Crippen LogP contribution in [-0.4, -0.2) is 0 Å². The average Bonchev–Trinajstić information content (AvgIpc) is 3.47. The number of para-hydroxylation sites is 4. The van der Waals surface area contributed by atoms with E-state index in [1.54, 1.807) is 0 Å². The Kier molecular flexibility index (Phi) is 6.81. The fourth-order valence-electron chi connectivity index (χ4n) is 9.49. The lowest BCUT2D eigenvalue weighted by atomic mass is 9.62. The summed E-state index contributed by atoms with van der Waals surface area (Å²) >= 11 is 0. The molecule has 0 bridgehead atoms. The molecular formula is C52H37NO2. The first kappa shape index (κ1) is 31.7. The highest BCUT2D eigenvalue weighted by molar-refractivity contribution is 5.89. The Labute approximate surface area is 321 Å². The van der Waals surface area contributed by atoms with E-state index in [0.29, 0.717) is 0 Å². The summed E-state index contributed by atoms with van der Waals surface area (Å²) < 4.78 is 13.8. The molecule has 11 rings (SSSR count). The van der Waals surface area contributed by atoms with Crippen LogP contribution in [0, 0.1) is 0 Å². The van der Waals surface area contributed by atoms with Gasteiger partial charge in [0.25, 0.3) is 0 Å². The highest BCUT2D eigenvalue weighted by Gasteiger charge is 2.51. The number of anilines is 3. The third-order valence-electron chi connectivity index (χ3n) is 12.0. The smallest absolute Gasteiger partial charge is 0.156 e. The van der Waals surface area contributed by atoms with Gasteiger partial charge in [0.1, 0.15) is 17.2 Å². The molecule has 2 aliphatic heterocycles. The summed E-state index contributed by atoms with van der Waals surface area (Å²) in [6.07, 6.45) is 0. The van der Waals surface area contributed by atoms with Gasteiger partial charge in [-0.05, 0) is 81.9 Å². The average molecular weight is 708 g/mol. The monoisotopic (exact) mass is 707 g/mol. The fourth-order valence-corrected chi connectivity index (χ4v) is 9.49. The molecule has 0 saturated carbocycles. The van der Waals surface area contributed by atoms with Crippen molar-refractivity contribution in [3.63, 3.8) is 0 Å². The van der Waals surface area contributed by atoms with Crippen molar-refractivity contribution in [3.8, 4) is 45.3 Å². The Morgan fingerprint density at radius 1 is 0.382 bits per heavy atom. The number of ether oxygens (including phenoxy) is 2. The zero-order chi connectivity index (χ0) is 36.7. The molecule has 3 aliphatic rings. The fraction of sp³-hybridized carbons (Fsp3) is 0.0769. The first-order chi connectivity index (χ1) is 27.0. The van der Waals surface area contributed by atoms with Gasteiger partial charge < -0.3 is 14.4 Å². The molecule has 0 saturated heterocycles. The van der Waals surface area contributed by atoms with Crippen molar-refractivity contribution in [3.05, 3.63) is 221 Å². The number of hydrogen-bond donors (Lipinski definition) is 0. The molecule has 3 nitrogen and oxygen atoms in total. The molecule has 3 heteroatoms. The van der Waals surface area contributed by atoms with Crippen LogP contribution in [0.3, 0.4) is 0 Å². The van der Waals surface area contributed by atoms with Crippen molar-refractivity contribution in [1.82, 2.24) is 0 Å². The maximum absolute atomic E-state index is 7.18. The van der Waals surface area contributed by atoms with Gasteiger partial charge in [0.05, 0.1) is 11.1 Å². The predicted molar refractivity (Wildman–Crippen MR) is 223 cm³/mol. The lowest BCUT2D eigenvalue weighted by Crippen LogP contribution is -2.37. The minimum absolute atomic E-state index is 0.157. The van der Waals surface area contributed by atoms with Gasteiger partial charge in [-0.2, -0.15) is 0 Å². The summed E-state index contributed by atoms with van der Waals surface area (Å²) in [5.74, 6) is 3.35. The van der Waals surface area contributed by atoms with E-state index < -0.39 is 5.41 Å². The molecule has 8 aromatic carbocycles. The molecule has 55 heavy (non-hydrogen) atoms. The van der Waals surface area contributed by atoms with Gasteiger partial charge in [-0.1, -0.05) is 153 Å². The lowest BCUT2D eigenvalue weighted by Gasteiger charge is -2.45. The maximum atomic E-state index is 7.18. The third kappa shape index (κ3) is 4.50. The van der Waals surface area contributed by atoms with E-state index in [0.717, 1.165) is 62.3 Å². The molecule has 8 aromatic rings. The van der Waals surface area contributed by atoms with Gasteiger partial charge in [0, 0.05) is 39.0 Å². The van der Waals surface area contributed by atoms with Crippen LogP contribution in [0.1, 0.15) is 47.2 Å². The Morgan fingerprint density at radius 3 is 1.56 bits per heavy atom. The highest BCUT2D eigenvalue weighted by atomic mass is 16.5. The van der Waals surface area contributed by atoms with E-state index in [2.05, 4.69) is 207 Å². The zero-order valence-corrected chi connectivity index (χ0v) is 30.7. The molecular weight excluding hydrogens is 671 g/mol. The van der Waals surface area contributed by atoms with E-state index in [1.807, 2.05) is 0 Å². The van der Waals surface area contributed by atoms with Crippen molar-refractivity contribution in [2.45, 2.75) is 24.7 Å². The SMILES string of the molecule is CC1(C)c2ccccc2-c2ccc(N(c3ccc(-c4ccccc4)cc3)c3cccc4c3Oc3ccccc3C43c4ccccc4Oc4ccccc43)cc21. The second kappa shape index (κ2) is 11.8. The molecule has 1 aliphatic carbocycles. The van der Waals surface area contributed by atoms with Crippen LogP contribution in [0.5, 0.6) is 23.0 Å².